The summed E-state index contributed by atoms with van der Waals surface area (Å²) in [5.41, 5.74) is 2.47. The summed E-state index contributed by atoms with van der Waals surface area (Å²) in [6, 6.07) is 16.1. The number of nitrogens with zero attached hydrogens (tertiary/aromatic N) is 3. The van der Waals surface area contributed by atoms with Crippen LogP contribution in [0.3, 0.4) is 0 Å². The molecular weight excluding hydrogens is 499 g/mol. The van der Waals surface area contributed by atoms with Crippen molar-refractivity contribution in [2.45, 2.75) is 39.4 Å². The summed E-state index contributed by atoms with van der Waals surface area (Å²) >= 11 is 12.0. The molecule has 1 heterocycles. The third-order valence-electron chi connectivity index (χ3n) is 5.10. The third kappa shape index (κ3) is 9.02. The zero-order chi connectivity index (χ0) is 25.9. The lowest BCUT2D eigenvalue weighted by Gasteiger charge is -2.21. The lowest BCUT2D eigenvalue weighted by Crippen LogP contribution is -2.40. The van der Waals surface area contributed by atoms with Crippen LogP contribution in [0.15, 0.2) is 59.8 Å². The number of rotatable bonds is 12. The first-order chi connectivity index (χ1) is 17.3. The highest BCUT2D eigenvalue weighted by Gasteiger charge is 2.21. The molecule has 3 aromatic rings. The highest BCUT2D eigenvalue weighted by Crippen LogP contribution is 2.17. The number of nitrogens with one attached hydrogen (secondary N) is 3. The third-order valence-corrected chi connectivity index (χ3v) is 5.59. The number of anilines is 2. The van der Waals surface area contributed by atoms with Gasteiger partial charge in [-0.05, 0) is 47.7 Å². The second kappa shape index (κ2) is 13.7. The Kier molecular flexibility index (Phi) is 10.3. The van der Waals surface area contributed by atoms with Crippen molar-refractivity contribution in [3.8, 4) is 0 Å². The number of hydrogen-bond donors (Lipinski definition) is 3. The first kappa shape index (κ1) is 27.2. The van der Waals surface area contributed by atoms with Crippen molar-refractivity contribution in [2.24, 2.45) is 11.1 Å². The molecule has 0 aliphatic carbocycles. The average molecular weight is 529 g/mol. The highest BCUT2D eigenvalue weighted by molar-refractivity contribution is 6.30. The smallest absolute Gasteiger partial charge is 0.242 e. The number of carbonyl (C=O) groups excluding carboxylic acids is 1. The van der Waals surface area contributed by atoms with Crippen LogP contribution in [0.25, 0.3) is 0 Å². The number of hydrogen-bond acceptors (Lipinski definition) is 7. The molecule has 1 amide bonds. The van der Waals surface area contributed by atoms with Crippen molar-refractivity contribution >= 4 is 47.1 Å². The Morgan fingerprint density at radius 3 is 2.50 bits per heavy atom. The zero-order valence-corrected chi connectivity index (χ0v) is 22.0. The number of carbonyl (C=O) groups is 1. The Morgan fingerprint density at radius 2 is 1.81 bits per heavy atom. The monoisotopic (exact) mass is 528 g/mol. The topological polar surface area (TPSA) is 101 Å². The minimum absolute atomic E-state index is 0.127. The van der Waals surface area contributed by atoms with Crippen LogP contribution >= 0.6 is 23.2 Å². The summed E-state index contributed by atoms with van der Waals surface area (Å²) < 4.78 is 0. The van der Waals surface area contributed by atoms with E-state index in [2.05, 4.69) is 44.9 Å². The molecule has 0 spiro atoms. The maximum absolute atomic E-state index is 13.1. The minimum Gasteiger partial charge on any atom is -0.399 e. The molecule has 2 aromatic carbocycles. The molecule has 36 heavy (non-hydrogen) atoms. The average Bonchev–Trinajstić information content (AvgIpc) is 2.85. The standard InChI is InChI=1S/C26H30Cl2N6O2/c1-17(2)11-23(25(35)29-14-18-7-9-20(27)10-8-18)33-24-13-22(16-31-36-3)32-26(34-24)30-15-19-5-4-6-21(28)12-19/h4-10,12-13,16-17,23H,11,14-15H2,1-3H3,(H,29,35)(H2,30,32,33,34)/t23-/m1/s1. The summed E-state index contributed by atoms with van der Waals surface area (Å²) in [6.45, 7) is 5.00. The summed E-state index contributed by atoms with van der Waals surface area (Å²) in [5, 5.41) is 14.6. The lowest BCUT2D eigenvalue weighted by atomic mass is 10.0. The van der Waals surface area contributed by atoms with Gasteiger partial charge in [-0.25, -0.2) is 4.98 Å². The second-order valence-corrected chi connectivity index (χ2v) is 9.45. The van der Waals surface area contributed by atoms with Crippen LogP contribution in [-0.4, -0.2) is 35.2 Å². The molecule has 3 N–H and O–H groups in total. The molecule has 0 radical (unpaired) electrons. The van der Waals surface area contributed by atoms with Gasteiger partial charge in [0.15, 0.2) is 0 Å². The Bertz CT molecular complexity index is 1170. The first-order valence-electron chi connectivity index (χ1n) is 11.5. The van der Waals surface area contributed by atoms with E-state index in [9.17, 15) is 4.79 Å². The molecule has 1 atom stereocenters. The van der Waals surface area contributed by atoms with Crippen LogP contribution in [0.4, 0.5) is 11.8 Å². The molecule has 10 heteroatoms. The molecule has 1 aromatic heterocycles. The van der Waals surface area contributed by atoms with Crippen LogP contribution in [0, 0.1) is 5.92 Å². The van der Waals surface area contributed by atoms with Gasteiger partial charge in [0.1, 0.15) is 19.0 Å². The van der Waals surface area contributed by atoms with Crippen molar-refractivity contribution in [3.05, 3.63) is 81.5 Å². The van der Waals surface area contributed by atoms with Crippen LogP contribution in [-0.2, 0) is 22.7 Å². The van der Waals surface area contributed by atoms with E-state index in [1.54, 1.807) is 18.2 Å². The normalized spacial score (nSPS) is 11.9. The van der Waals surface area contributed by atoms with Gasteiger partial charge in [-0.1, -0.05) is 66.5 Å². The van der Waals surface area contributed by atoms with E-state index in [0.717, 1.165) is 11.1 Å². The van der Waals surface area contributed by atoms with E-state index < -0.39 is 6.04 Å². The fourth-order valence-electron chi connectivity index (χ4n) is 3.42. The molecule has 0 unspecified atom stereocenters. The maximum atomic E-state index is 13.1. The Labute approximate surface area is 221 Å². The van der Waals surface area contributed by atoms with Gasteiger partial charge in [0, 0.05) is 29.2 Å². The van der Waals surface area contributed by atoms with Crippen LogP contribution in [0.5, 0.6) is 0 Å². The Hall–Kier alpha value is -3.36. The quantitative estimate of drug-likeness (QED) is 0.211. The van der Waals surface area contributed by atoms with Gasteiger partial charge in [-0.3, -0.25) is 4.79 Å². The van der Waals surface area contributed by atoms with E-state index in [-0.39, 0.29) is 11.8 Å². The van der Waals surface area contributed by atoms with E-state index in [1.165, 1.54) is 13.3 Å². The molecule has 0 saturated heterocycles. The van der Waals surface area contributed by atoms with Gasteiger partial charge < -0.3 is 20.8 Å². The first-order valence-corrected chi connectivity index (χ1v) is 12.3. The van der Waals surface area contributed by atoms with Gasteiger partial charge in [-0.2, -0.15) is 4.98 Å². The molecule has 3 rings (SSSR count). The van der Waals surface area contributed by atoms with Crippen LogP contribution < -0.4 is 16.0 Å². The van der Waals surface area contributed by atoms with Crippen molar-refractivity contribution in [1.29, 1.82) is 0 Å². The maximum Gasteiger partial charge on any atom is 0.242 e. The minimum atomic E-state index is -0.500. The summed E-state index contributed by atoms with van der Waals surface area (Å²) in [4.78, 5) is 26.9. The number of halogens is 2. The second-order valence-electron chi connectivity index (χ2n) is 8.57. The fraction of sp³-hybridized carbons (Fsp3) is 0.308. The van der Waals surface area contributed by atoms with Gasteiger partial charge in [0.2, 0.25) is 11.9 Å². The van der Waals surface area contributed by atoms with E-state index in [0.29, 0.717) is 47.0 Å². The Balaban J connectivity index is 1.76. The van der Waals surface area contributed by atoms with Crippen LogP contribution in [0.2, 0.25) is 10.0 Å². The Morgan fingerprint density at radius 1 is 1.03 bits per heavy atom. The summed E-state index contributed by atoms with van der Waals surface area (Å²) in [6.07, 6.45) is 2.10. The van der Waals surface area contributed by atoms with E-state index >= 15 is 0 Å². The predicted octanol–water partition coefficient (Wildman–Crippen LogP) is 5.52. The summed E-state index contributed by atoms with van der Waals surface area (Å²) in [7, 11) is 1.46. The predicted molar refractivity (Wildman–Crippen MR) is 146 cm³/mol. The fourth-order valence-corrected chi connectivity index (χ4v) is 3.75. The number of amides is 1. The molecule has 0 fully saturated rings. The highest BCUT2D eigenvalue weighted by atomic mass is 35.5. The van der Waals surface area contributed by atoms with Gasteiger partial charge >= 0.3 is 0 Å². The van der Waals surface area contributed by atoms with Gasteiger partial charge in [0.05, 0.1) is 11.9 Å². The van der Waals surface area contributed by atoms with Crippen molar-refractivity contribution in [2.75, 3.05) is 17.7 Å². The van der Waals surface area contributed by atoms with Crippen molar-refractivity contribution in [3.63, 3.8) is 0 Å². The number of aromatic nitrogens is 2. The van der Waals surface area contributed by atoms with Crippen molar-refractivity contribution in [1.82, 2.24) is 15.3 Å². The molecule has 0 aliphatic heterocycles. The molecule has 0 bridgehead atoms. The lowest BCUT2D eigenvalue weighted by molar-refractivity contribution is -0.122. The van der Waals surface area contributed by atoms with Crippen molar-refractivity contribution < 1.29 is 9.63 Å². The number of oxime groups is 1. The summed E-state index contributed by atoms with van der Waals surface area (Å²) in [5.74, 6) is 1.02. The van der Waals surface area contributed by atoms with Gasteiger partial charge in [0.25, 0.3) is 0 Å². The largest absolute Gasteiger partial charge is 0.399 e. The molecule has 190 valence electrons. The van der Waals surface area contributed by atoms with E-state index in [1.807, 2.05) is 36.4 Å². The SMILES string of the molecule is CON=Cc1cc(N[C@H](CC(C)C)C(=O)NCc2ccc(Cl)cc2)nc(NCc2cccc(Cl)c2)n1. The van der Waals surface area contributed by atoms with Crippen LogP contribution in [0.1, 0.15) is 37.1 Å². The molecule has 0 aliphatic rings. The van der Waals surface area contributed by atoms with Gasteiger partial charge in [-0.15, -0.1) is 0 Å². The molecule has 0 saturated carbocycles. The number of benzene rings is 2. The molecule has 8 nitrogen and oxygen atoms in total. The van der Waals surface area contributed by atoms with E-state index in [4.69, 9.17) is 28.0 Å². The molecular formula is C26H30Cl2N6O2. The zero-order valence-electron chi connectivity index (χ0n) is 20.5.